The Morgan fingerprint density at radius 1 is 1.06 bits per heavy atom. The molecular weight excluding hydrogens is 406 g/mol. The van der Waals surface area contributed by atoms with Crippen LogP contribution >= 0.6 is 11.3 Å². The number of carbonyl (C=O) groups is 1. The van der Waals surface area contributed by atoms with Gasteiger partial charge in [-0.3, -0.25) is 10.2 Å². The molecule has 4 rings (SSSR count). The predicted octanol–water partition coefficient (Wildman–Crippen LogP) is 5.69. The number of urea groups is 1. The maximum absolute atomic E-state index is 12.5. The van der Waals surface area contributed by atoms with Crippen LogP contribution in [0.3, 0.4) is 0 Å². The minimum absolute atomic E-state index is 0.0488. The van der Waals surface area contributed by atoms with Gasteiger partial charge in [0.05, 0.1) is 11.6 Å². The van der Waals surface area contributed by atoms with Crippen molar-refractivity contribution in [2.45, 2.75) is 46.1 Å². The summed E-state index contributed by atoms with van der Waals surface area (Å²) in [5.74, 6) is 1.56. The number of likely N-dealkylation sites (tertiary alicyclic amines) is 2. The number of benzene rings is 1. The van der Waals surface area contributed by atoms with Crippen molar-refractivity contribution < 1.29 is 9.53 Å². The summed E-state index contributed by atoms with van der Waals surface area (Å²) in [6.07, 6.45) is 4.68. The fourth-order valence-corrected chi connectivity index (χ4v) is 5.28. The molecule has 0 atom stereocenters. The lowest BCUT2D eigenvalue weighted by molar-refractivity contribution is 0.0439. The lowest BCUT2D eigenvalue weighted by Gasteiger charge is -2.46. The number of hydrogen-bond donors (Lipinski definition) is 1. The molecule has 31 heavy (non-hydrogen) atoms. The van der Waals surface area contributed by atoms with Crippen LogP contribution in [0.1, 0.15) is 45.1 Å². The second kappa shape index (κ2) is 10.0. The first-order valence-corrected chi connectivity index (χ1v) is 12.4. The van der Waals surface area contributed by atoms with Gasteiger partial charge in [0, 0.05) is 25.2 Å². The molecule has 2 aromatic rings. The van der Waals surface area contributed by atoms with E-state index in [0.717, 1.165) is 62.9 Å². The van der Waals surface area contributed by atoms with Gasteiger partial charge in [-0.1, -0.05) is 32.0 Å². The van der Waals surface area contributed by atoms with Gasteiger partial charge in [0.1, 0.15) is 5.75 Å². The molecule has 2 saturated heterocycles. The van der Waals surface area contributed by atoms with Gasteiger partial charge < -0.3 is 9.64 Å². The van der Waals surface area contributed by atoms with Crippen molar-refractivity contribution in [3.8, 4) is 5.75 Å². The summed E-state index contributed by atoms with van der Waals surface area (Å²) in [5.41, 5.74) is 1.70. The average Bonchev–Trinajstić information content (AvgIpc) is 3.28. The molecule has 2 aliphatic rings. The number of para-hydroxylation sites is 1. The molecule has 2 aliphatic heterocycles. The third-order valence-electron chi connectivity index (χ3n) is 6.72. The van der Waals surface area contributed by atoms with Crippen LogP contribution in [0.15, 0.2) is 41.8 Å². The standard InChI is InChI=1S/C25H35N3O2S/c1-20(2)19-30-22-7-4-3-6-21(22)18-27-13-9-25(10-14-27)11-15-28(16-12-25)24(29)26-23-8-5-17-31-23/h3-8,17,20H,9-16,18-19H2,1-2H3,(H,26,29). The number of thiophene rings is 1. The minimum Gasteiger partial charge on any atom is -0.493 e. The Morgan fingerprint density at radius 2 is 1.77 bits per heavy atom. The van der Waals surface area contributed by atoms with E-state index >= 15 is 0 Å². The predicted molar refractivity (Wildman–Crippen MR) is 128 cm³/mol. The zero-order valence-electron chi connectivity index (χ0n) is 18.8. The highest BCUT2D eigenvalue weighted by Gasteiger charge is 2.38. The number of nitrogens with zero attached hydrogens (tertiary/aromatic N) is 2. The number of ether oxygens (including phenoxy) is 1. The van der Waals surface area contributed by atoms with Gasteiger partial charge in [-0.25, -0.2) is 4.79 Å². The van der Waals surface area contributed by atoms with E-state index < -0.39 is 0 Å². The summed E-state index contributed by atoms with van der Waals surface area (Å²) in [7, 11) is 0. The van der Waals surface area contributed by atoms with Gasteiger partial charge in [-0.15, -0.1) is 11.3 Å². The molecule has 3 heterocycles. The first-order valence-electron chi connectivity index (χ1n) is 11.6. The average molecular weight is 442 g/mol. The molecule has 0 aliphatic carbocycles. The topological polar surface area (TPSA) is 44.8 Å². The SMILES string of the molecule is CC(C)COc1ccccc1CN1CCC2(CC1)CCN(C(=O)Nc1cccs1)CC2. The summed E-state index contributed by atoms with van der Waals surface area (Å²) in [4.78, 5) is 17.1. The molecule has 5 nitrogen and oxygen atoms in total. The zero-order chi connectivity index (χ0) is 21.7. The number of hydrogen-bond acceptors (Lipinski definition) is 4. The molecule has 0 saturated carbocycles. The Kier molecular flexibility index (Phi) is 7.18. The van der Waals surface area contributed by atoms with Crippen LogP contribution in [0, 0.1) is 11.3 Å². The van der Waals surface area contributed by atoms with Crippen molar-refractivity contribution in [3.05, 3.63) is 47.3 Å². The molecule has 1 spiro atoms. The number of carbonyl (C=O) groups excluding carboxylic acids is 1. The summed E-state index contributed by atoms with van der Waals surface area (Å²) in [6, 6.07) is 12.4. The van der Waals surface area contributed by atoms with Gasteiger partial charge in [0.2, 0.25) is 0 Å². The van der Waals surface area contributed by atoms with Gasteiger partial charge >= 0.3 is 6.03 Å². The second-order valence-corrected chi connectivity index (χ2v) is 10.4. The van der Waals surface area contributed by atoms with Crippen molar-refractivity contribution >= 4 is 22.4 Å². The maximum Gasteiger partial charge on any atom is 0.322 e. The maximum atomic E-state index is 12.5. The Bertz CT molecular complexity index is 834. The highest BCUT2D eigenvalue weighted by atomic mass is 32.1. The van der Waals surface area contributed by atoms with Crippen LogP contribution in [-0.2, 0) is 6.54 Å². The third kappa shape index (κ3) is 5.80. The Morgan fingerprint density at radius 3 is 2.45 bits per heavy atom. The Labute approximate surface area is 190 Å². The molecule has 6 heteroatoms. The zero-order valence-corrected chi connectivity index (χ0v) is 19.6. The minimum atomic E-state index is 0.0488. The number of nitrogens with one attached hydrogen (secondary N) is 1. The summed E-state index contributed by atoms with van der Waals surface area (Å²) < 4.78 is 6.05. The number of piperidine rings is 2. The second-order valence-electron chi connectivity index (χ2n) is 9.48. The van der Waals surface area contributed by atoms with Crippen LogP contribution in [0.5, 0.6) is 5.75 Å². The number of anilines is 1. The van der Waals surface area contributed by atoms with Crippen LogP contribution in [0.2, 0.25) is 0 Å². The highest BCUT2D eigenvalue weighted by molar-refractivity contribution is 7.14. The van der Waals surface area contributed by atoms with Gasteiger partial charge in [0.15, 0.2) is 0 Å². The quantitative estimate of drug-likeness (QED) is 0.626. The third-order valence-corrected chi connectivity index (χ3v) is 7.50. The van der Waals surface area contributed by atoms with Gasteiger partial charge in [-0.05, 0) is 73.7 Å². The molecule has 1 aromatic carbocycles. The normalized spacial score (nSPS) is 19.0. The first kappa shape index (κ1) is 22.2. The Balaban J connectivity index is 1.25. The summed E-state index contributed by atoms with van der Waals surface area (Å²) in [5, 5.41) is 5.94. The molecular formula is C25H35N3O2S. The van der Waals surface area contributed by atoms with Crippen molar-refractivity contribution in [1.82, 2.24) is 9.80 Å². The van der Waals surface area contributed by atoms with E-state index in [0.29, 0.717) is 11.3 Å². The number of amides is 2. The van der Waals surface area contributed by atoms with Crippen molar-refractivity contribution in [3.63, 3.8) is 0 Å². The smallest absolute Gasteiger partial charge is 0.322 e. The van der Waals surface area contributed by atoms with Crippen molar-refractivity contribution in [1.29, 1.82) is 0 Å². The van der Waals surface area contributed by atoms with E-state index in [-0.39, 0.29) is 6.03 Å². The van der Waals surface area contributed by atoms with E-state index in [9.17, 15) is 4.79 Å². The largest absolute Gasteiger partial charge is 0.493 e. The molecule has 2 amide bonds. The fourth-order valence-electron chi connectivity index (χ4n) is 4.68. The lowest BCUT2D eigenvalue weighted by Crippen LogP contribution is -2.49. The Hall–Kier alpha value is -2.05. The summed E-state index contributed by atoms with van der Waals surface area (Å²) in [6.45, 7) is 10.1. The molecule has 0 radical (unpaired) electrons. The molecule has 1 N–H and O–H groups in total. The van der Waals surface area contributed by atoms with Gasteiger partial charge in [0.25, 0.3) is 0 Å². The van der Waals surface area contributed by atoms with E-state index in [4.69, 9.17) is 4.74 Å². The van der Waals surface area contributed by atoms with E-state index in [2.05, 4.69) is 48.3 Å². The van der Waals surface area contributed by atoms with Crippen molar-refractivity contribution in [2.24, 2.45) is 11.3 Å². The fraction of sp³-hybridized carbons (Fsp3) is 0.560. The molecule has 168 valence electrons. The van der Waals surface area contributed by atoms with E-state index in [1.807, 2.05) is 22.4 Å². The first-order chi connectivity index (χ1) is 15.0. The molecule has 2 fully saturated rings. The van der Waals surface area contributed by atoms with Crippen LogP contribution in [-0.4, -0.2) is 48.6 Å². The van der Waals surface area contributed by atoms with E-state index in [1.54, 1.807) is 11.3 Å². The molecule has 0 bridgehead atoms. The van der Waals surface area contributed by atoms with E-state index in [1.165, 1.54) is 18.4 Å². The lowest BCUT2D eigenvalue weighted by atomic mass is 9.71. The highest BCUT2D eigenvalue weighted by Crippen LogP contribution is 2.41. The monoisotopic (exact) mass is 441 g/mol. The van der Waals surface area contributed by atoms with Crippen LogP contribution in [0.4, 0.5) is 9.80 Å². The molecule has 0 unspecified atom stereocenters. The molecule has 1 aromatic heterocycles. The van der Waals surface area contributed by atoms with Crippen LogP contribution < -0.4 is 10.1 Å². The number of rotatable bonds is 6. The van der Waals surface area contributed by atoms with Gasteiger partial charge in [-0.2, -0.15) is 0 Å². The summed E-state index contributed by atoms with van der Waals surface area (Å²) >= 11 is 1.57. The van der Waals surface area contributed by atoms with Crippen LogP contribution in [0.25, 0.3) is 0 Å². The van der Waals surface area contributed by atoms with Crippen molar-refractivity contribution in [2.75, 3.05) is 38.1 Å².